The molecule has 7 nitrogen and oxygen atoms in total. The van der Waals surface area contributed by atoms with Crippen molar-refractivity contribution in [3.8, 4) is 0 Å². The summed E-state index contributed by atoms with van der Waals surface area (Å²) in [6.45, 7) is 1.15. The number of nitrogens with zero attached hydrogens (tertiary/aromatic N) is 2. The Morgan fingerprint density at radius 2 is 1.88 bits per heavy atom. The number of likely N-dealkylation sites (tertiary alicyclic amines) is 1. The summed E-state index contributed by atoms with van der Waals surface area (Å²) in [5.41, 5.74) is 0.910. The van der Waals surface area contributed by atoms with Gasteiger partial charge < -0.3 is 10.0 Å². The molecule has 3 rings (SSSR count). The summed E-state index contributed by atoms with van der Waals surface area (Å²) in [4.78, 5) is 25.6. The van der Waals surface area contributed by atoms with Crippen molar-refractivity contribution in [1.29, 1.82) is 0 Å². The van der Waals surface area contributed by atoms with Gasteiger partial charge in [-0.3, -0.25) is 9.59 Å². The van der Waals surface area contributed by atoms with Gasteiger partial charge >= 0.3 is 5.97 Å². The zero-order valence-corrected chi connectivity index (χ0v) is 14.7. The van der Waals surface area contributed by atoms with Crippen LogP contribution in [0.1, 0.15) is 24.3 Å². The summed E-state index contributed by atoms with van der Waals surface area (Å²) in [5.74, 6) is -1.83. The van der Waals surface area contributed by atoms with Crippen LogP contribution in [0, 0.1) is 5.92 Å². The average molecular weight is 366 g/mol. The van der Waals surface area contributed by atoms with Crippen molar-refractivity contribution in [2.24, 2.45) is 5.92 Å². The van der Waals surface area contributed by atoms with Gasteiger partial charge in [0.1, 0.15) is 0 Å². The van der Waals surface area contributed by atoms with Gasteiger partial charge in [-0.2, -0.15) is 0 Å². The van der Waals surface area contributed by atoms with E-state index in [1.165, 1.54) is 4.31 Å². The molecule has 1 aromatic rings. The molecule has 8 heteroatoms. The van der Waals surface area contributed by atoms with Gasteiger partial charge in [0.15, 0.2) is 0 Å². The number of aliphatic carboxylic acids is 1. The highest BCUT2D eigenvalue weighted by Gasteiger charge is 2.40. The lowest BCUT2D eigenvalue weighted by Crippen LogP contribution is -2.34. The second-order valence-electron chi connectivity index (χ2n) is 6.58. The molecule has 136 valence electrons. The van der Waals surface area contributed by atoms with Crippen LogP contribution in [0.2, 0.25) is 0 Å². The van der Waals surface area contributed by atoms with Gasteiger partial charge in [-0.25, -0.2) is 12.7 Å². The third-order valence-corrected chi connectivity index (χ3v) is 6.95. The number of rotatable bonds is 5. The Bertz CT molecular complexity index is 750. The Labute approximate surface area is 147 Å². The first kappa shape index (κ1) is 17.9. The molecule has 1 N–H and O–H groups in total. The van der Waals surface area contributed by atoms with Gasteiger partial charge in [-0.1, -0.05) is 30.3 Å². The minimum atomic E-state index is -3.22. The number of hydrogen-bond acceptors (Lipinski definition) is 4. The minimum absolute atomic E-state index is 0.0904. The normalized spacial score (nSPS) is 26.0. The Hall–Kier alpha value is -1.93. The van der Waals surface area contributed by atoms with Crippen molar-refractivity contribution in [2.75, 3.05) is 31.9 Å². The molecule has 2 unspecified atom stereocenters. The van der Waals surface area contributed by atoms with Crippen LogP contribution in [0.5, 0.6) is 0 Å². The van der Waals surface area contributed by atoms with E-state index >= 15 is 0 Å². The lowest BCUT2D eigenvalue weighted by atomic mass is 9.89. The summed E-state index contributed by atoms with van der Waals surface area (Å²) < 4.78 is 24.9. The van der Waals surface area contributed by atoms with E-state index in [4.69, 9.17) is 0 Å². The topological polar surface area (TPSA) is 95.0 Å². The first-order valence-electron chi connectivity index (χ1n) is 8.42. The van der Waals surface area contributed by atoms with Gasteiger partial charge in [0, 0.05) is 38.5 Å². The number of carbonyl (C=O) groups is 2. The van der Waals surface area contributed by atoms with E-state index in [2.05, 4.69) is 0 Å². The predicted molar refractivity (Wildman–Crippen MR) is 91.5 cm³/mol. The van der Waals surface area contributed by atoms with Crippen LogP contribution in [0.4, 0.5) is 0 Å². The van der Waals surface area contributed by atoms with E-state index in [1.54, 1.807) is 4.90 Å². The standard InChI is InChI=1S/C17H22N2O5S/c20-16(7-9-19-8-4-10-25(19,23)24)18-11-14(15(12-18)17(21)22)13-5-2-1-3-6-13/h1-3,5-6,14-15H,4,7-12H2,(H,21,22). The fraction of sp³-hybridized carbons (Fsp3) is 0.529. The van der Waals surface area contributed by atoms with E-state index in [-0.39, 0.29) is 37.1 Å². The van der Waals surface area contributed by atoms with Crippen LogP contribution in [0.3, 0.4) is 0 Å². The summed E-state index contributed by atoms with van der Waals surface area (Å²) in [6.07, 6.45) is 0.685. The lowest BCUT2D eigenvalue weighted by Gasteiger charge is -2.19. The fourth-order valence-corrected chi connectivity index (χ4v) is 5.15. The third-order valence-electron chi connectivity index (χ3n) is 5.00. The summed E-state index contributed by atoms with van der Waals surface area (Å²) in [7, 11) is -3.22. The summed E-state index contributed by atoms with van der Waals surface area (Å²) >= 11 is 0. The molecule has 2 atom stereocenters. The van der Waals surface area contributed by atoms with Crippen molar-refractivity contribution in [3.05, 3.63) is 35.9 Å². The largest absolute Gasteiger partial charge is 0.481 e. The number of sulfonamides is 1. The van der Waals surface area contributed by atoms with Gasteiger partial charge in [-0.05, 0) is 12.0 Å². The maximum absolute atomic E-state index is 12.5. The second kappa shape index (κ2) is 7.13. The highest BCUT2D eigenvalue weighted by Crippen LogP contribution is 2.33. The van der Waals surface area contributed by atoms with Gasteiger partial charge in [0.2, 0.25) is 15.9 Å². The second-order valence-corrected chi connectivity index (χ2v) is 8.67. The summed E-state index contributed by atoms with van der Waals surface area (Å²) in [6, 6.07) is 9.35. The van der Waals surface area contributed by atoms with Crippen molar-refractivity contribution in [1.82, 2.24) is 9.21 Å². The van der Waals surface area contributed by atoms with Crippen LogP contribution < -0.4 is 0 Å². The van der Waals surface area contributed by atoms with Crippen LogP contribution in [0.25, 0.3) is 0 Å². The molecule has 2 aliphatic heterocycles. The maximum Gasteiger partial charge on any atom is 0.308 e. The number of amides is 1. The predicted octanol–water partition coefficient (Wildman–Crippen LogP) is 0.739. The van der Waals surface area contributed by atoms with Crippen molar-refractivity contribution >= 4 is 21.9 Å². The number of benzene rings is 1. The van der Waals surface area contributed by atoms with E-state index in [9.17, 15) is 23.1 Å². The highest BCUT2D eigenvalue weighted by atomic mass is 32.2. The Morgan fingerprint density at radius 1 is 1.16 bits per heavy atom. The molecule has 1 amide bonds. The van der Waals surface area contributed by atoms with Crippen molar-refractivity contribution < 1.29 is 23.1 Å². The van der Waals surface area contributed by atoms with Gasteiger partial charge in [0.05, 0.1) is 11.7 Å². The van der Waals surface area contributed by atoms with Crippen LogP contribution in [0.15, 0.2) is 30.3 Å². The number of carboxylic acid groups (broad SMARTS) is 1. The van der Waals surface area contributed by atoms with Crippen molar-refractivity contribution in [2.45, 2.75) is 18.8 Å². The molecule has 2 saturated heterocycles. The number of carboxylic acids is 1. The van der Waals surface area contributed by atoms with Crippen molar-refractivity contribution in [3.63, 3.8) is 0 Å². The molecular formula is C17H22N2O5S. The Kier molecular flexibility index (Phi) is 5.10. The van der Waals surface area contributed by atoms with Gasteiger partial charge in [0.25, 0.3) is 0 Å². The highest BCUT2D eigenvalue weighted by molar-refractivity contribution is 7.89. The molecule has 0 bridgehead atoms. The molecule has 0 saturated carbocycles. The zero-order chi connectivity index (χ0) is 18.0. The van der Waals surface area contributed by atoms with E-state index < -0.39 is 21.9 Å². The smallest absolute Gasteiger partial charge is 0.308 e. The lowest BCUT2D eigenvalue weighted by molar-refractivity contribution is -0.141. The fourth-order valence-electron chi connectivity index (χ4n) is 3.62. The Morgan fingerprint density at radius 3 is 2.48 bits per heavy atom. The van der Waals surface area contributed by atoms with Crippen LogP contribution >= 0.6 is 0 Å². The van der Waals surface area contributed by atoms with Crippen LogP contribution in [-0.2, 0) is 19.6 Å². The Balaban J connectivity index is 1.65. The van der Waals surface area contributed by atoms with E-state index in [1.807, 2.05) is 30.3 Å². The minimum Gasteiger partial charge on any atom is -0.481 e. The average Bonchev–Trinajstić information content (AvgIpc) is 3.17. The third kappa shape index (κ3) is 3.85. The number of carbonyl (C=O) groups excluding carboxylic acids is 1. The molecule has 25 heavy (non-hydrogen) atoms. The molecule has 2 heterocycles. The zero-order valence-electron chi connectivity index (χ0n) is 13.9. The monoisotopic (exact) mass is 366 g/mol. The maximum atomic E-state index is 12.5. The quantitative estimate of drug-likeness (QED) is 0.829. The van der Waals surface area contributed by atoms with E-state index in [0.717, 1.165) is 5.56 Å². The molecule has 0 aromatic heterocycles. The SMILES string of the molecule is O=C(O)C1CN(C(=O)CCN2CCCS2(=O)=O)CC1c1ccccc1. The summed E-state index contributed by atoms with van der Waals surface area (Å²) in [5, 5.41) is 9.49. The molecule has 0 aliphatic carbocycles. The molecule has 2 aliphatic rings. The molecule has 0 spiro atoms. The molecule has 1 aromatic carbocycles. The van der Waals surface area contributed by atoms with E-state index in [0.29, 0.717) is 19.5 Å². The van der Waals surface area contributed by atoms with Crippen LogP contribution in [-0.4, -0.2) is 66.5 Å². The molecule has 0 radical (unpaired) electrons. The molecular weight excluding hydrogens is 344 g/mol. The first-order chi connectivity index (χ1) is 11.9. The number of hydrogen-bond donors (Lipinski definition) is 1. The van der Waals surface area contributed by atoms with Gasteiger partial charge in [-0.15, -0.1) is 0 Å². The first-order valence-corrected chi connectivity index (χ1v) is 10.0. The molecule has 2 fully saturated rings.